The van der Waals surface area contributed by atoms with Crippen LogP contribution in [-0.4, -0.2) is 54.1 Å². The van der Waals surface area contributed by atoms with E-state index in [0.29, 0.717) is 22.7 Å². The van der Waals surface area contributed by atoms with Crippen LogP contribution in [0.3, 0.4) is 0 Å². The zero-order valence-corrected chi connectivity index (χ0v) is 23.5. The Morgan fingerprint density at radius 3 is 2.70 bits per heavy atom. The lowest BCUT2D eigenvalue weighted by Gasteiger charge is -2.34. The molecule has 2 aliphatic rings. The molecule has 5 rings (SSSR count). The Hall–Kier alpha value is -2.83. The molecule has 10 nitrogen and oxygen atoms in total. The molecule has 1 aliphatic heterocycles. The van der Waals surface area contributed by atoms with E-state index in [1.165, 1.54) is 15.6 Å². The molecule has 3 aromatic heterocycles. The average molecular weight is 563 g/mol. The maximum atomic E-state index is 13.0. The molecule has 1 saturated carbocycles. The molecule has 1 fully saturated rings. The van der Waals surface area contributed by atoms with Crippen molar-refractivity contribution in [2.45, 2.75) is 57.6 Å². The van der Waals surface area contributed by atoms with Gasteiger partial charge in [-0.1, -0.05) is 11.6 Å². The number of nitrogens with zero attached hydrogens (tertiary/aromatic N) is 5. The average Bonchev–Trinajstić information content (AvgIpc) is 3.39. The normalized spacial score (nSPS) is 22.1. The third-order valence-electron chi connectivity index (χ3n) is 5.79. The minimum absolute atomic E-state index is 0.152. The molecule has 196 valence electrons. The number of carbonyl (C=O) groups is 1. The molecule has 13 heteroatoms. The zero-order chi connectivity index (χ0) is 26.5. The maximum absolute atomic E-state index is 13.0. The van der Waals surface area contributed by atoms with E-state index in [1.807, 2.05) is 19.1 Å². The quantitative estimate of drug-likeness (QED) is 0.469. The van der Waals surface area contributed by atoms with Crippen molar-refractivity contribution in [1.29, 1.82) is 0 Å². The van der Waals surface area contributed by atoms with Crippen LogP contribution in [0, 0.1) is 0 Å². The van der Waals surface area contributed by atoms with Crippen molar-refractivity contribution in [3.05, 3.63) is 40.3 Å². The third-order valence-corrected chi connectivity index (χ3v) is 9.23. The van der Waals surface area contributed by atoms with Gasteiger partial charge in [0.15, 0.2) is 0 Å². The first-order valence-corrected chi connectivity index (χ1v) is 14.2. The summed E-state index contributed by atoms with van der Waals surface area (Å²) in [6.45, 7) is 7.15. The lowest BCUT2D eigenvalue weighted by molar-refractivity contribution is 0.0559. The topological polar surface area (TPSA) is 123 Å². The summed E-state index contributed by atoms with van der Waals surface area (Å²) >= 11 is 8.13. The number of guanidine groups is 1. The van der Waals surface area contributed by atoms with Gasteiger partial charge in [-0.2, -0.15) is 0 Å². The van der Waals surface area contributed by atoms with Crippen LogP contribution in [0.25, 0.3) is 21.9 Å². The molecular formula is C24H27ClN6O4S2. The minimum atomic E-state index is -1.45. The number of hydrogen-bond acceptors (Lipinski definition) is 9. The van der Waals surface area contributed by atoms with Crippen molar-refractivity contribution >= 4 is 46.0 Å². The Morgan fingerprint density at radius 1 is 1.27 bits per heavy atom. The van der Waals surface area contributed by atoms with Gasteiger partial charge in [0.05, 0.1) is 21.2 Å². The van der Waals surface area contributed by atoms with Gasteiger partial charge in [-0.3, -0.25) is 14.6 Å². The molecule has 1 aliphatic carbocycles. The Kier molecular flexibility index (Phi) is 6.61. The fourth-order valence-corrected chi connectivity index (χ4v) is 6.67. The molecule has 4 heterocycles. The highest BCUT2D eigenvalue weighted by Gasteiger charge is 2.40. The number of aliphatic imine (C=N–C) groups is 1. The molecule has 37 heavy (non-hydrogen) atoms. The number of alkyl carbamates (subject to hydrolysis) is 1. The fourth-order valence-electron chi connectivity index (χ4n) is 3.80. The summed E-state index contributed by atoms with van der Waals surface area (Å²) in [7, 11) is 0.155. The van der Waals surface area contributed by atoms with E-state index in [9.17, 15) is 9.00 Å². The van der Waals surface area contributed by atoms with E-state index < -0.39 is 28.2 Å². The molecule has 0 spiro atoms. The first kappa shape index (κ1) is 25.8. The van der Waals surface area contributed by atoms with Gasteiger partial charge in [-0.25, -0.2) is 14.0 Å². The Labute approximate surface area is 226 Å². The molecule has 0 bridgehead atoms. The van der Waals surface area contributed by atoms with E-state index in [4.69, 9.17) is 25.7 Å². The van der Waals surface area contributed by atoms with Gasteiger partial charge in [0, 0.05) is 35.8 Å². The van der Waals surface area contributed by atoms with Crippen molar-refractivity contribution in [2.24, 2.45) is 4.99 Å². The summed E-state index contributed by atoms with van der Waals surface area (Å²) in [6.07, 6.45) is 4.90. The SMILES string of the molecule is CN1C(NC(=O)OC(C)(C)C)=N[C@](C)(c2sc(-c3cncc(-c4nnc(C5CC5)o4)c3)cc2Cl)CS1=O. The molecule has 0 saturated heterocycles. The van der Waals surface area contributed by atoms with Crippen LogP contribution in [0.15, 0.2) is 33.9 Å². The van der Waals surface area contributed by atoms with E-state index in [1.54, 1.807) is 40.2 Å². The number of hydrogen-bond donors (Lipinski definition) is 1. The highest BCUT2D eigenvalue weighted by Crippen LogP contribution is 2.44. The lowest BCUT2D eigenvalue weighted by atomic mass is 10.0. The van der Waals surface area contributed by atoms with E-state index in [2.05, 4.69) is 20.5 Å². The maximum Gasteiger partial charge on any atom is 0.414 e. The van der Waals surface area contributed by atoms with Gasteiger partial charge >= 0.3 is 6.09 Å². The molecular weight excluding hydrogens is 536 g/mol. The van der Waals surface area contributed by atoms with Crippen molar-refractivity contribution in [3.8, 4) is 21.9 Å². The fraction of sp³-hybridized carbons (Fsp3) is 0.458. The van der Waals surface area contributed by atoms with Crippen LogP contribution in [0.2, 0.25) is 5.02 Å². The van der Waals surface area contributed by atoms with Crippen molar-refractivity contribution < 1.29 is 18.2 Å². The van der Waals surface area contributed by atoms with Crippen molar-refractivity contribution in [1.82, 2.24) is 24.8 Å². The summed E-state index contributed by atoms with van der Waals surface area (Å²) in [5, 5.41) is 11.5. The number of rotatable bonds is 4. The predicted octanol–water partition coefficient (Wildman–Crippen LogP) is 5.10. The summed E-state index contributed by atoms with van der Waals surface area (Å²) < 4.78 is 25.6. The summed E-state index contributed by atoms with van der Waals surface area (Å²) in [5.74, 6) is 1.82. The molecule has 1 unspecified atom stereocenters. The van der Waals surface area contributed by atoms with Crippen LogP contribution in [0.4, 0.5) is 4.79 Å². The van der Waals surface area contributed by atoms with Gasteiger partial charge in [-0.15, -0.1) is 21.5 Å². The Morgan fingerprint density at radius 2 is 2.00 bits per heavy atom. The van der Waals surface area contributed by atoms with Crippen LogP contribution in [-0.2, 0) is 21.3 Å². The lowest BCUT2D eigenvalue weighted by Crippen LogP contribution is -2.51. The number of ether oxygens (including phenoxy) is 1. The molecule has 1 amide bonds. The van der Waals surface area contributed by atoms with Crippen molar-refractivity contribution in [2.75, 3.05) is 12.8 Å². The number of nitrogens with one attached hydrogen (secondary N) is 1. The van der Waals surface area contributed by atoms with Gasteiger partial charge in [0.25, 0.3) is 0 Å². The van der Waals surface area contributed by atoms with Crippen molar-refractivity contribution in [3.63, 3.8) is 0 Å². The number of thiophene rings is 1. The van der Waals surface area contributed by atoms with Crippen LogP contribution < -0.4 is 5.32 Å². The smallest absolute Gasteiger partial charge is 0.414 e. The van der Waals surface area contributed by atoms with Crippen LogP contribution in [0.5, 0.6) is 0 Å². The summed E-state index contributed by atoms with van der Waals surface area (Å²) in [4.78, 5) is 23.1. The molecule has 0 radical (unpaired) electrons. The summed E-state index contributed by atoms with van der Waals surface area (Å²) in [6, 6.07) is 3.77. The van der Waals surface area contributed by atoms with Gasteiger partial charge in [-0.05, 0) is 52.7 Å². The monoisotopic (exact) mass is 562 g/mol. The van der Waals surface area contributed by atoms with E-state index in [-0.39, 0.29) is 11.7 Å². The second-order valence-corrected chi connectivity index (χ2v) is 13.2. The zero-order valence-electron chi connectivity index (χ0n) is 21.1. The minimum Gasteiger partial charge on any atom is -0.444 e. The Balaban J connectivity index is 1.44. The second-order valence-electron chi connectivity index (χ2n) is 10.3. The van der Waals surface area contributed by atoms with Crippen LogP contribution in [0.1, 0.15) is 57.2 Å². The van der Waals surface area contributed by atoms with Gasteiger partial charge < -0.3 is 9.15 Å². The molecule has 3 aromatic rings. The van der Waals surface area contributed by atoms with Crippen LogP contribution >= 0.6 is 22.9 Å². The number of halogens is 1. The molecule has 0 aromatic carbocycles. The van der Waals surface area contributed by atoms with E-state index >= 15 is 0 Å². The number of carbonyl (C=O) groups excluding carboxylic acids is 1. The largest absolute Gasteiger partial charge is 0.444 e. The highest BCUT2D eigenvalue weighted by molar-refractivity contribution is 7.83. The molecule has 1 N–H and O–H groups in total. The summed E-state index contributed by atoms with van der Waals surface area (Å²) in [5.41, 5.74) is -0.0689. The third kappa shape index (κ3) is 5.55. The Bertz CT molecular complexity index is 1410. The van der Waals surface area contributed by atoms with Gasteiger partial charge in [0.1, 0.15) is 22.1 Å². The predicted molar refractivity (Wildman–Crippen MR) is 143 cm³/mol. The number of pyridine rings is 1. The second kappa shape index (κ2) is 9.48. The van der Waals surface area contributed by atoms with E-state index in [0.717, 1.165) is 33.7 Å². The van der Waals surface area contributed by atoms with Gasteiger partial charge in [0.2, 0.25) is 17.7 Å². The number of amides is 1. The standard InChI is InChI=1S/C24H27ClN6O4S2/c1-23(2,3)35-22(32)27-21-28-24(4,12-37(33)31(21)5)18-16(25)9-17(36-18)14-8-15(11-26-10-14)20-30-29-19(34-20)13-6-7-13/h8-11,13H,6-7,12H2,1-5H3,(H,27,28,32)/t24-,37?/m0/s1. The molecule has 2 atom stereocenters. The first-order valence-electron chi connectivity index (χ1n) is 11.7. The highest BCUT2D eigenvalue weighted by atomic mass is 35.5. The first-order chi connectivity index (χ1) is 17.4. The number of aromatic nitrogens is 3.